The first-order valence-corrected chi connectivity index (χ1v) is 23.4. The van der Waals surface area contributed by atoms with Crippen molar-refractivity contribution in [3.63, 3.8) is 0 Å². The van der Waals surface area contributed by atoms with Gasteiger partial charge in [-0.2, -0.15) is 0 Å². The summed E-state index contributed by atoms with van der Waals surface area (Å²) in [4.78, 5) is 2.50. The first-order chi connectivity index (χ1) is 33.7. The van der Waals surface area contributed by atoms with Gasteiger partial charge in [0.25, 0.3) is 0 Å². The highest BCUT2D eigenvalue weighted by molar-refractivity contribution is 6.19. The van der Waals surface area contributed by atoms with Crippen LogP contribution in [0.25, 0.3) is 104 Å². The van der Waals surface area contributed by atoms with Gasteiger partial charge in [0.1, 0.15) is 0 Å². The minimum absolute atomic E-state index is 1.07. The van der Waals surface area contributed by atoms with E-state index in [1.807, 2.05) is 0 Å². The van der Waals surface area contributed by atoms with Crippen LogP contribution in [0.4, 0.5) is 17.1 Å². The zero-order valence-electron chi connectivity index (χ0n) is 37.3. The predicted molar refractivity (Wildman–Crippen MR) is 290 cm³/mol. The SMILES string of the molecule is c1ccc(-c2cc(-c3cccc(-n4c5ccccc5c5ccc6ccccc6c54)c3)cc(N(c3ccccc3-c3ccccc3)c3ccc(-c4cccc5ccccc45)c4ccccc34)c2)cc1. The third-order valence-corrected chi connectivity index (χ3v) is 13.7. The number of nitrogens with zero attached hydrogens (tertiary/aromatic N) is 2. The molecule has 0 spiro atoms. The molecule has 0 bridgehead atoms. The molecule has 0 radical (unpaired) electrons. The summed E-state index contributed by atoms with van der Waals surface area (Å²) in [5.41, 5.74) is 16.2. The first kappa shape index (κ1) is 39.4. The molecule has 0 atom stereocenters. The van der Waals surface area contributed by atoms with Gasteiger partial charge >= 0.3 is 0 Å². The number of aromatic nitrogens is 1. The van der Waals surface area contributed by atoms with Crippen molar-refractivity contribution in [2.45, 2.75) is 0 Å². The Morgan fingerprint density at radius 3 is 1.63 bits per heavy atom. The first-order valence-electron chi connectivity index (χ1n) is 23.4. The molecule has 2 heteroatoms. The van der Waals surface area contributed by atoms with E-state index in [2.05, 4.69) is 276 Å². The van der Waals surface area contributed by atoms with Crippen molar-refractivity contribution < 1.29 is 0 Å². The van der Waals surface area contributed by atoms with Gasteiger partial charge in [-0.15, -0.1) is 0 Å². The molecule has 0 fully saturated rings. The van der Waals surface area contributed by atoms with Crippen molar-refractivity contribution in [2.24, 2.45) is 0 Å². The number of rotatable bonds is 8. The third kappa shape index (κ3) is 6.65. The molecule has 2 nitrogen and oxygen atoms in total. The van der Waals surface area contributed by atoms with Crippen molar-refractivity contribution in [3.8, 4) is 50.2 Å². The van der Waals surface area contributed by atoms with E-state index in [4.69, 9.17) is 0 Å². The number of hydrogen-bond acceptors (Lipinski definition) is 1. The van der Waals surface area contributed by atoms with E-state index in [0.29, 0.717) is 0 Å². The number of benzene rings is 12. The second kappa shape index (κ2) is 16.5. The van der Waals surface area contributed by atoms with Gasteiger partial charge in [0, 0.05) is 38.5 Å². The summed E-state index contributed by atoms with van der Waals surface area (Å²) in [7, 11) is 0. The second-order valence-corrected chi connectivity index (χ2v) is 17.6. The fourth-order valence-electron chi connectivity index (χ4n) is 10.6. The topological polar surface area (TPSA) is 8.17 Å². The van der Waals surface area contributed by atoms with E-state index in [0.717, 1.165) is 56.1 Å². The number of para-hydroxylation sites is 2. The Kier molecular flexibility index (Phi) is 9.54. The highest BCUT2D eigenvalue weighted by Crippen LogP contribution is 2.48. The lowest BCUT2D eigenvalue weighted by molar-refractivity contribution is 1.19. The third-order valence-electron chi connectivity index (χ3n) is 13.7. The van der Waals surface area contributed by atoms with Crippen LogP contribution in [-0.2, 0) is 0 Å². The van der Waals surface area contributed by atoms with Crippen molar-refractivity contribution in [3.05, 3.63) is 267 Å². The molecular formula is C66H44N2. The second-order valence-electron chi connectivity index (χ2n) is 17.6. The smallest absolute Gasteiger partial charge is 0.0619 e. The molecule has 0 aliphatic heterocycles. The Morgan fingerprint density at radius 1 is 0.265 bits per heavy atom. The molecule has 318 valence electrons. The molecule has 13 aromatic rings. The molecule has 0 saturated heterocycles. The standard InChI is InChI=1S/C66H44N2/c1-3-19-45(20-4-1)50-41-51(49-26-17-27-52(42-49)68-64-36-16-14-33-61(64)62-38-37-48-24-8-10-30-56(48)66(62)68)44-53(43-50)67(63-35-15-13-29-55(63)47-21-5-2-6-22-47)65-40-39-59(58-31-11-12-32-60(58)65)57-34-18-25-46-23-7-9-28-54(46)57/h1-44H. The minimum Gasteiger partial charge on any atom is -0.309 e. The Morgan fingerprint density at radius 2 is 0.824 bits per heavy atom. The monoisotopic (exact) mass is 864 g/mol. The maximum Gasteiger partial charge on any atom is 0.0619 e. The van der Waals surface area contributed by atoms with Crippen LogP contribution in [-0.4, -0.2) is 4.57 Å². The normalized spacial score (nSPS) is 11.5. The van der Waals surface area contributed by atoms with Crippen LogP contribution in [0.15, 0.2) is 267 Å². The molecule has 0 saturated carbocycles. The summed E-state index contributed by atoms with van der Waals surface area (Å²) in [5, 5.41) is 9.83. The molecule has 0 unspecified atom stereocenters. The van der Waals surface area contributed by atoms with Gasteiger partial charge in [-0.1, -0.05) is 218 Å². The lowest BCUT2D eigenvalue weighted by atomic mass is 9.92. The van der Waals surface area contributed by atoms with Crippen LogP contribution in [0.5, 0.6) is 0 Å². The Bertz CT molecular complexity index is 4030. The van der Waals surface area contributed by atoms with Crippen molar-refractivity contribution in [1.82, 2.24) is 4.57 Å². The maximum atomic E-state index is 2.50. The Balaban J connectivity index is 1.07. The Hall–Kier alpha value is -8.98. The van der Waals surface area contributed by atoms with Gasteiger partial charge < -0.3 is 9.47 Å². The molecule has 0 amide bonds. The average Bonchev–Trinajstić information content (AvgIpc) is 3.76. The van der Waals surface area contributed by atoms with Crippen molar-refractivity contribution in [2.75, 3.05) is 4.90 Å². The van der Waals surface area contributed by atoms with Crippen LogP contribution in [0.2, 0.25) is 0 Å². The predicted octanol–water partition coefficient (Wildman–Crippen LogP) is 18.4. The zero-order valence-corrected chi connectivity index (χ0v) is 37.3. The maximum absolute atomic E-state index is 2.50. The van der Waals surface area contributed by atoms with E-state index in [1.165, 1.54) is 65.3 Å². The summed E-state index contributed by atoms with van der Waals surface area (Å²) in [5.74, 6) is 0. The van der Waals surface area contributed by atoms with Crippen molar-refractivity contribution >= 4 is 71.2 Å². The van der Waals surface area contributed by atoms with Gasteiger partial charge in [0.2, 0.25) is 0 Å². The van der Waals surface area contributed by atoms with Gasteiger partial charge in [-0.05, 0) is 109 Å². The molecule has 0 aliphatic carbocycles. The van der Waals surface area contributed by atoms with Crippen LogP contribution in [0.1, 0.15) is 0 Å². The summed E-state index contributed by atoms with van der Waals surface area (Å²) >= 11 is 0. The minimum atomic E-state index is 1.07. The summed E-state index contributed by atoms with van der Waals surface area (Å²) in [6.45, 7) is 0. The van der Waals surface area contributed by atoms with Crippen LogP contribution in [0, 0.1) is 0 Å². The van der Waals surface area contributed by atoms with Gasteiger partial charge in [0.15, 0.2) is 0 Å². The lowest BCUT2D eigenvalue weighted by Gasteiger charge is -2.30. The van der Waals surface area contributed by atoms with E-state index in [9.17, 15) is 0 Å². The molecule has 13 rings (SSSR count). The molecule has 0 aliphatic rings. The lowest BCUT2D eigenvalue weighted by Crippen LogP contribution is -2.12. The highest BCUT2D eigenvalue weighted by atomic mass is 15.1. The van der Waals surface area contributed by atoms with Gasteiger partial charge in [-0.3, -0.25) is 0 Å². The Labute approximate surface area is 395 Å². The van der Waals surface area contributed by atoms with E-state index in [-0.39, 0.29) is 0 Å². The van der Waals surface area contributed by atoms with E-state index >= 15 is 0 Å². The number of anilines is 3. The number of fused-ring (bicyclic) bond motifs is 7. The van der Waals surface area contributed by atoms with Gasteiger partial charge in [-0.25, -0.2) is 0 Å². The molecule has 1 heterocycles. The quantitative estimate of drug-likeness (QED) is 0.148. The molecule has 68 heavy (non-hydrogen) atoms. The van der Waals surface area contributed by atoms with Crippen LogP contribution in [0.3, 0.4) is 0 Å². The fourth-order valence-corrected chi connectivity index (χ4v) is 10.6. The summed E-state index contributed by atoms with van der Waals surface area (Å²) < 4.78 is 2.46. The molecule has 1 aromatic heterocycles. The molecule has 0 N–H and O–H groups in total. The van der Waals surface area contributed by atoms with Crippen LogP contribution < -0.4 is 4.90 Å². The molecule has 12 aromatic carbocycles. The molecular weight excluding hydrogens is 821 g/mol. The number of hydrogen-bond donors (Lipinski definition) is 0. The highest BCUT2D eigenvalue weighted by Gasteiger charge is 2.23. The van der Waals surface area contributed by atoms with Gasteiger partial charge in [0.05, 0.1) is 22.4 Å². The largest absolute Gasteiger partial charge is 0.309 e. The summed E-state index contributed by atoms with van der Waals surface area (Å²) in [6.07, 6.45) is 0. The van der Waals surface area contributed by atoms with Crippen LogP contribution >= 0.6 is 0 Å². The van der Waals surface area contributed by atoms with E-state index in [1.54, 1.807) is 0 Å². The fraction of sp³-hybridized carbons (Fsp3) is 0. The average molecular weight is 865 g/mol. The van der Waals surface area contributed by atoms with E-state index < -0.39 is 0 Å². The van der Waals surface area contributed by atoms with Crippen molar-refractivity contribution in [1.29, 1.82) is 0 Å². The summed E-state index contributed by atoms with van der Waals surface area (Å²) in [6, 6.07) is 97.7. The zero-order chi connectivity index (χ0) is 45.0.